The smallest absolute Gasteiger partial charge is 0.120 e. The molecule has 1 unspecified atom stereocenters. The largest absolute Gasteiger partial charge is 0.468 e. The Bertz CT molecular complexity index is 291. The third-order valence-electron chi connectivity index (χ3n) is 3.00. The molecule has 1 atom stereocenters. The van der Waals surface area contributed by atoms with Gasteiger partial charge in [-0.3, -0.25) is 0 Å². The second-order valence-electron chi connectivity index (χ2n) is 5.13. The van der Waals surface area contributed by atoms with E-state index in [-0.39, 0.29) is 0 Å². The minimum absolute atomic E-state index is 0.572. The van der Waals surface area contributed by atoms with Gasteiger partial charge < -0.3 is 9.73 Å². The van der Waals surface area contributed by atoms with E-state index in [0.29, 0.717) is 6.04 Å². The van der Waals surface area contributed by atoms with Crippen LogP contribution >= 0.6 is 0 Å². The van der Waals surface area contributed by atoms with Crippen LogP contribution in [0.1, 0.15) is 51.4 Å². The Hall–Kier alpha value is -0.760. The molecule has 0 aromatic carbocycles. The van der Waals surface area contributed by atoms with Crippen LogP contribution in [-0.4, -0.2) is 6.04 Å². The normalized spacial score (nSPS) is 13.3. The van der Waals surface area contributed by atoms with Gasteiger partial charge in [0.15, 0.2) is 0 Å². The molecule has 0 bridgehead atoms. The molecular formula is C14H25NO. The lowest BCUT2D eigenvalue weighted by atomic mass is 10.0. The van der Waals surface area contributed by atoms with Gasteiger partial charge in [-0.25, -0.2) is 0 Å². The fourth-order valence-electron chi connectivity index (χ4n) is 1.79. The third kappa shape index (κ3) is 4.84. The van der Waals surface area contributed by atoms with Crippen LogP contribution in [0, 0.1) is 12.8 Å². The first kappa shape index (κ1) is 13.3. The quantitative estimate of drug-likeness (QED) is 0.758. The molecule has 0 spiro atoms. The molecule has 0 radical (unpaired) electrons. The summed E-state index contributed by atoms with van der Waals surface area (Å²) in [6.07, 6.45) is 5.64. The average Bonchev–Trinajstić information content (AvgIpc) is 2.60. The Labute approximate surface area is 99.4 Å². The van der Waals surface area contributed by atoms with Crippen LogP contribution < -0.4 is 5.32 Å². The molecule has 1 rings (SSSR count). The molecule has 1 aromatic rings. The molecule has 0 aliphatic heterocycles. The van der Waals surface area contributed by atoms with E-state index in [1.165, 1.54) is 24.8 Å². The minimum atomic E-state index is 0.572. The Balaban J connectivity index is 2.15. The van der Waals surface area contributed by atoms with Gasteiger partial charge in [-0.15, -0.1) is 0 Å². The van der Waals surface area contributed by atoms with Gasteiger partial charge in [0.25, 0.3) is 0 Å². The number of rotatable bonds is 7. The number of hydrogen-bond donors (Lipinski definition) is 1. The number of aryl methyl sites for hydroxylation is 1. The zero-order valence-corrected chi connectivity index (χ0v) is 11.0. The summed E-state index contributed by atoms with van der Waals surface area (Å²) in [6.45, 7) is 9.75. The molecule has 16 heavy (non-hydrogen) atoms. The second kappa shape index (κ2) is 6.74. The zero-order chi connectivity index (χ0) is 12.0. The van der Waals surface area contributed by atoms with E-state index in [4.69, 9.17) is 4.42 Å². The molecule has 2 heteroatoms. The summed E-state index contributed by atoms with van der Waals surface area (Å²) in [5, 5.41) is 3.51. The molecule has 0 aliphatic carbocycles. The molecule has 1 aromatic heterocycles. The van der Waals surface area contributed by atoms with Gasteiger partial charge in [0, 0.05) is 6.04 Å². The van der Waals surface area contributed by atoms with E-state index in [1.807, 2.05) is 6.07 Å². The predicted octanol–water partition coefficient (Wildman–Crippen LogP) is 3.89. The molecule has 0 amide bonds. The van der Waals surface area contributed by atoms with Crippen molar-refractivity contribution in [3.8, 4) is 0 Å². The number of furan rings is 1. The average molecular weight is 223 g/mol. The Morgan fingerprint density at radius 3 is 2.56 bits per heavy atom. The summed E-state index contributed by atoms with van der Waals surface area (Å²) in [4.78, 5) is 0. The van der Waals surface area contributed by atoms with Gasteiger partial charge in [0.1, 0.15) is 5.76 Å². The maximum Gasteiger partial charge on any atom is 0.120 e. The van der Waals surface area contributed by atoms with Gasteiger partial charge in [-0.1, -0.05) is 26.7 Å². The Kier molecular flexibility index (Phi) is 5.61. The number of hydrogen-bond acceptors (Lipinski definition) is 2. The predicted molar refractivity (Wildman–Crippen MR) is 68.4 cm³/mol. The van der Waals surface area contributed by atoms with Crippen molar-refractivity contribution in [3.63, 3.8) is 0 Å². The van der Waals surface area contributed by atoms with Crippen molar-refractivity contribution < 1.29 is 4.42 Å². The van der Waals surface area contributed by atoms with E-state index >= 15 is 0 Å². The van der Waals surface area contributed by atoms with E-state index in [2.05, 4.69) is 33.0 Å². The fraction of sp³-hybridized carbons (Fsp3) is 0.714. The van der Waals surface area contributed by atoms with Crippen molar-refractivity contribution in [2.24, 2.45) is 5.92 Å². The van der Waals surface area contributed by atoms with Gasteiger partial charge in [0.05, 0.1) is 12.8 Å². The molecule has 0 fully saturated rings. The first-order valence-corrected chi connectivity index (χ1v) is 6.36. The molecular weight excluding hydrogens is 198 g/mol. The van der Waals surface area contributed by atoms with Gasteiger partial charge in [-0.05, 0) is 37.8 Å². The van der Waals surface area contributed by atoms with Crippen molar-refractivity contribution in [2.75, 3.05) is 0 Å². The summed E-state index contributed by atoms with van der Waals surface area (Å²) in [6, 6.07) is 2.59. The lowest BCUT2D eigenvalue weighted by Crippen LogP contribution is -2.25. The topological polar surface area (TPSA) is 25.2 Å². The Morgan fingerprint density at radius 1 is 1.25 bits per heavy atom. The molecule has 0 saturated carbocycles. The maximum absolute atomic E-state index is 5.39. The highest BCUT2D eigenvalue weighted by atomic mass is 16.3. The molecule has 1 N–H and O–H groups in total. The standard InChI is InChI=1S/C14H25NO/c1-11(2)6-5-7-13(4)15-10-14-12(3)8-9-16-14/h8-9,11,13,15H,5-7,10H2,1-4H3. The van der Waals surface area contributed by atoms with Crippen molar-refractivity contribution in [3.05, 3.63) is 23.7 Å². The lowest BCUT2D eigenvalue weighted by Gasteiger charge is -2.13. The number of nitrogens with one attached hydrogen (secondary N) is 1. The SMILES string of the molecule is Cc1ccoc1CNC(C)CCCC(C)C. The highest BCUT2D eigenvalue weighted by Gasteiger charge is 2.05. The van der Waals surface area contributed by atoms with E-state index in [0.717, 1.165) is 18.2 Å². The highest BCUT2D eigenvalue weighted by Crippen LogP contribution is 2.11. The maximum atomic E-state index is 5.39. The van der Waals surface area contributed by atoms with Crippen molar-refractivity contribution in [1.82, 2.24) is 5.32 Å². The molecule has 1 heterocycles. The van der Waals surface area contributed by atoms with Crippen LogP contribution in [0.5, 0.6) is 0 Å². The van der Waals surface area contributed by atoms with Crippen LogP contribution in [0.4, 0.5) is 0 Å². The van der Waals surface area contributed by atoms with Crippen molar-refractivity contribution in [2.45, 2.75) is 59.5 Å². The van der Waals surface area contributed by atoms with Crippen LogP contribution in [0.3, 0.4) is 0 Å². The monoisotopic (exact) mass is 223 g/mol. The molecule has 0 saturated heterocycles. The summed E-state index contributed by atoms with van der Waals surface area (Å²) < 4.78 is 5.39. The summed E-state index contributed by atoms with van der Waals surface area (Å²) in [7, 11) is 0. The molecule has 2 nitrogen and oxygen atoms in total. The third-order valence-corrected chi connectivity index (χ3v) is 3.00. The first-order valence-electron chi connectivity index (χ1n) is 6.36. The minimum Gasteiger partial charge on any atom is -0.468 e. The van der Waals surface area contributed by atoms with E-state index < -0.39 is 0 Å². The second-order valence-corrected chi connectivity index (χ2v) is 5.13. The summed E-state index contributed by atoms with van der Waals surface area (Å²) in [5.74, 6) is 1.88. The van der Waals surface area contributed by atoms with E-state index in [9.17, 15) is 0 Å². The zero-order valence-electron chi connectivity index (χ0n) is 11.0. The van der Waals surface area contributed by atoms with Gasteiger partial charge in [0.2, 0.25) is 0 Å². The summed E-state index contributed by atoms with van der Waals surface area (Å²) >= 11 is 0. The van der Waals surface area contributed by atoms with Crippen LogP contribution in [0.15, 0.2) is 16.7 Å². The summed E-state index contributed by atoms with van der Waals surface area (Å²) in [5.41, 5.74) is 1.24. The molecule has 92 valence electrons. The van der Waals surface area contributed by atoms with Crippen molar-refractivity contribution >= 4 is 0 Å². The van der Waals surface area contributed by atoms with Crippen LogP contribution in [-0.2, 0) is 6.54 Å². The van der Waals surface area contributed by atoms with Crippen molar-refractivity contribution in [1.29, 1.82) is 0 Å². The lowest BCUT2D eigenvalue weighted by molar-refractivity contribution is 0.422. The highest BCUT2D eigenvalue weighted by molar-refractivity contribution is 5.14. The Morgan fingerprint density at radius 2 is 2.00 bits per heavy atom. The molecule has 0 aliphatic rings. The van der Waals surface area contributed by atoms with Gasteiger partial charge in [-0.2, -0.15) is 0 Å². The van der Waals surface area contributed by atoms with E-state index in [1.54, 1.807) is 6.26 Å². The van der Waals surface area contributed by atoms with Gasteiger partial charge >= 0.3 is 0 Å². The fourth-order valence-corrected chi connectivity index (χ4v) is 1.79. The van der Waals surface area contributed by atoms with Crippen LogP contribution in [0.2, 0.25) is 0 Å². The first-order chi connectivity index (χ1) is 7.59. The van der Waals surface area contributed by atoms with Crippen LogP contribution in [0.25, 0.3) is 0 Å².